The van der Waals surface area contributed by atoms with E-state index in [4.69, 9.17) is 5.73 Å². The average molecular weight is 380 g/mol. The molecule has 2 aromatic rings. The quantitative estimate of drug-likeness (QED) is 0.777. The third kappa shape index (κ3) is 4.98. The highest BCUT2D eigenvalue weighted by molar-refractivity contribution is 5.89. The number of carbonyl (C=O) groups is 2. The highest BCUT2D eigenvalue weighted by Gasteiger charge is 2.34. The van der Waals surface area contributed by atoms with Crippen molar-refractivity contribution in [2.24, 2.45) is 11.7 Å². The molecule has 1 aliphatic heterocycles. The van der Waals surface area contributed by atoms with Gasteiger partial charge >= 0.3 is 0 Å². The van der Waals surface area contributed by atoms with Crippen LogP contribution in [0.15, 0.2) is 54.6 Å². The summed E-state index contributed by atoms with van der Waals surface area (Å²) in [5.74, 6) is 0.0891. The van der Waals surface area contributed by atoms with Gasteiger partial charge in [-0.1, -0.05) is 68.4 Å². The normalized spacial score (nSPS) is 17.8. The minimum absolute atomic E-state index is 0.0255. The number of carbonyl (C=O) groups excluding carboxylic acids is 2. The van der Waals surface area contributed by atoms with Crippen LogP contribution in [0.5, 0.6) is 0 Å². The molecule has 0 aliphatic carbocycles. The first-order valence-electron chi connectivity index (χ1n) is 9.89. The molecule has 0 radical (unpaired) electrons. The van der Waals surface area contributed by atoms with E-state index < -0.39 is 0 Å². The maximum Gasteiger partial charge on any atom is 0.225 e. The van der Waals surface area contributed by atoms with Gasteiger partial charge in [0, 0.05) is 32.1 Å². The standard InChI is InChI=1S/C23H29N3O2/c1-16(2)18-8-10-19(11-9-18)21(24)13-25-23(28)20-12-22(27)26(15-20)14-17-6-4-3-5-7-17/h3-11,16,20-21H,12-15,24H2,1-2H3,(H,25,28). The molecule has 28 heavy (non-hydrogen) atoms. The van der Waals surface area contributed by atoms with Gasteiger partial charge in [0.05, 0.1) is 5.92 Å². The first-order valence-corrected chi connectivity index (χ1v) is 9.89. The van der Waals surface area contributed by atoms with Crippen LogP contribution in [0.1, 0.15) is 48.9 Å². The lowest BCUT2D eigenvalue weighted by Gasteiger charge is -2.18. The molecule has 0 saturated carbocycles. The van der Waals surface area contributed by atoms with Crippen molar-refractivity contribution in [3.8, 4) is 0 Å². The number of rotatable bonds is 7. The SMILES string of the molecule is CC(C)c1ccc(C(N)CNC(=O)C2CC(=O)N(Cc3ccccc3)C2)cc1. The second kappa shape index (κ2) is 9.02. The average Bonchev–Trinajstić information content (AvgIpc) is 3.07. The molecule has 3 rings (SSSR count). The summed E-state index contributed by atoms with van der Waals surface area (Å²) in [7, 11) is 0. The van der Waals surface area contributed by atoms with Gasteiger partial charge in [0.15, 0.2) is 0 Å². The summed E-state index contributed by atoms with van der Waals surface area (Å²) < 4.78 is 0. The Morgan fingerprint density at radius 2 is 1.75 bits per heavy atom. The summed E-state index contributed by atoms with van der Waals surface area (Å²) in [4.78, 5) is 26.5. The summed E-state index contributed by atoms with van der Waals surface area (Å²) in [6.45, 7) is 5.67. The van der Waals surface area contributed by atoms with Gasteiger partial charge in [-0.3, -0.25) is 9.59 Å². The summed E-state index contributed by atoms with van der Waals surface area (Å²) in [5.41, 5.74) is 9.57. The fraction of sp³-hybridized carbons (Fsp3) is 0.391. The van der Waals surface area contributed by atoms with Crippen LogP contribution in [-0.4, -0.2) is 29.8 Å². The van der Waals surface area contributed by atoms with E-state index in [-0.39, 0.29) is 30.2 Å². The molecule has 5 heteroatoms. The molecule has 5 nitrogen and oxygen atoms in total. The van der Waals surface area contributed by atoms with Gasteiger partial charge < -0.3 is 16.0 Å². The molecular weight excluding hydrogens is 350 g/mol. The Morgan fingerprint density at radius 1 is 1.11 bits per heavy atom. The minimum Gasteiger partial charge on any atom is -0.354 e. The maximum absolute atomic E-state index is 12.5. The molecule has 0 aromatic heterocycles. The summed E-state index contributed by atoms with van der Waals surface area (Å²) in [6.07, 6.45) is 0.261. The first kappa shape index (κ1) is 20.1. The molecule has 148 valence electrons. The molecule has 2 amide bonds. The molecule has 1 aliphatic rings. The van der Waals surface area contributed by atoms with E-state index in [1.165, 1.54) is 5.56 Å². The minimum atomic E-state index is -0.313. The number of amides is 2. The lowest BCUT2D eigenvalue weighted by Crippen LogP contribution is -2.37. The molecule has 2 atom stereocenters. The van der Waals surface area contributed by atoms with Gasteiger partial charge in [0.2, 0.25) is 11.8 Å². The van der Waals surface area contributed by atoms with E-state index in [1.807, 2.05) is 42.5 Å². The smallest absolute Gasteiger partial charge is 0.225 e. The summed E-state index contributed by atoms with van der Waals surface area (Å²) in [5, 5.41) is 2.92. The fourth-order valence-corrected chi connectivity index (χ4v) is 3.51. The monoisotopic (exact) mass is 379 g/mol. The third-order valence-corrected chi connectivity index (χ3v) is 5.33. The second-order valence-corrected chi connectivity index (χ2v) is 7.83. The van der Waals surface area contributed by atoms with Crippen molar-refractivity contribution in [2.75, 3.05) is 13.1 Å². The maximum atomic E-state index is 12.5. The summed E-state index contributed by atoms with van der Waals surface area (Å²) in [6, 6.07) is 17.8. The van der Waals surface area contributed by atoms with Crippen molar-refractivity contribution in [1.82, 2.24) is 10.2 Å². The van der Waals surface area contributed by atoms with E-state index >= 15 is 0 Å². The lowest BCUT2D eigenvalue weighted by atomic mass is 9.99. The Morgan fingerprint density at radius 3 is 2.39 bits per heavy atom. The largest absolute Gasteiger partial charge is 0.354 e. The molecule has 3 N–H and O–H groups in total. The van der Waals surface area contributed by atoms with Crippen LogP contribution in [0.4, 0.5) is 0 Å². The second-order valence-electron chi connectivity index (χ2n) is 7.83. The fourth-order valence-electron chi connectivity index (χ4n) is 3.51. The van der Waals surface area contributed by atoms with Gasteiger partial charge in [-0.2, -0.15) is 0 Å². The predicted molar refractivity (Wildman–Crippen MR) is 110 cm³/mol. The van der Waals surface area contributed by atoms with Crippen LogP contribution >= 0.6 is 0 Å². The summed E-state index contributed by atoms with van der Waals surface area (Å²) >= 11 is 0. The van der Waals surface area contributed by atoms with Crippen molar-refractivity contribution in [2.45, 2.75) is 38.8 Å². The van der Waals surface area contributed by atoms with Gasteiger partial charge in [-0.05, 0) is 22.6 Å². The topological polar surface area (TPSA) is 75.4 Å². The van der Waals surface area contributed by atoms with Gasteiger partial charge in [-0.25, -0.2) is 0 Å². The van der Waals surface area contributed by atoms with Crippen LogP contribution < -0.4 is 11.1 Å². The molecule has 2 aromatic carbocycles. The third-order valence-electron chi connectivity index (χ3n) is 5.33. The molecule has 1 fully saturated rings. The zero-order valence-corrected chi connectivity index (χ0v) is 16.6. The van der Waals surface area contributed by atoms with Crippen molar-refractivity contribution in [3.63, 3.8) is 0 Å². The molecule has 1 heterocycles. The van der Waals surface area contributed by atoms with Crippen LogP contribution in [-0.2, 0) is 16.1 Å². The lowest BCUT2D eigenvalue weighted by molar-refractivity contribution is -0.129. The van der Waals surface area contributed by atoms with Crippen molar-refractivity contribution >= 4 is 11.8 Å². The van der Waals surface area contributed by atoms with Crippen molar-refractivity contribution < 1.29 is 9.59 Å². The molecule has 0 spiro atoms. The van der Waals surface area contributed by atoms with Crippen molar-refractivity contribution in [3.05, 3.63) is 71.3 Å². The van der Waals surface area contributed by atoms with E-state index in [9.17, 15) is 9.59 Å². The molecule has 2 unspecified atom stereocenters. The highest BCUT2D eigenvalue weighted by atomic mass is 16.2. The number of nitrogens with one attached hydrogen (secondary N) is 1. The van der Waals surface area contributed by atoms with Gasteiger partial charge in [0.1, 0.15) is 0 Å². The Balaban J connectivity index is 1.50. The van der Waals surface area contributed by atoms with Crippen LogP contribution in [0, 0.1) is 5.92 Å². The van der Waals surface area contributed by atoms with E-state index in [2.05, 4.69) is 31.3 Å². The predicted octanol–water partition coefficient (Wildman–Crippen LogP) is 2.97. The van der Waals surface area contributed by atoms with Gasteiger partial charge in [-0.15, -0.1) is 0 Å². The zero-order valence-electron chi connectivity index (χ0n) is 16.6. The van der Waals surface area contributed by atoms with Crippen LogP contribution in [0.3, 0.4) is 0 Å². The van der Waals surface area contributed by atoms with Crippen LogP contribution in [0.2, 0.25) is 0 Å². The number of hydrogen-bond acceptors (Lipinski definition) is 3. The Kier molecular flexibility index (Phi) is 6.47. The van der Waals surface area contributed by atoms with Crippen molar-refractivity contribution in [1.29, 1.82) is 0 Å². The van der Waals surface area contributed by atoms with E-state index in [1.54, 1.807) is 4.90 Å². The van der Waals surface area contributed by atoms with E-state index in [0.717, 1.165) is 11.1 Å². The number of hydrogen-bond donors (Lipinski definition) is 2. The molecular formula is C23H29N3O2. The Labute approximate surface area is 166 Å². The Bertz CT molecular complexity index is 802. The molecule has 1 saturated heterocycles. The number of nitrogens with zero attached hydrogens (tertiary/aromatic N) is 1. The number of benzene rings is 2. The molecule has 0 bridgehead atoms. The Hall–Kier alpha value is -2.66. The highest BCUT2D eigenvalue weighted by Crippen LogP contribution is 2.21. The van der Waals surface area contributed by atoms with Crippen LogP contribution in [0.25, 0.3) is 0 Å². The number of nitrogens with two attached hydrogens (primary N) is 1. The van der Waals surface area contributed by atoms with E-state index in [0.29, 0.717) is 25.6 Å². The number of likely N-dealkylation sites (tertiary alicyclic amines) is 1. The zero-order chi connectivity index (χ0) is 20.1. The van der Waals surface area contributed by atoms with Gasteiger partial charge in [0.25, 0.3) is 0 Å². The first-order chi connectivity index (χ1) is 13.4.